The number of nitrogens with zero attached hydrogens (tertiary/aromatic N) is 2. The summed E-state index contributed by atoms with van der Waals surface area (Å²) < 4.78 is 44.0. The molecule has 0 aromatic heterocycles. The molecule has 1 amide bonds. The molecule has 29 heavy (non-hydrogen) atoms. The van der Waals surface area contributed by atoms with Crippen LogP contribution in [0.4, 0.5) is 18.0 Å². The van der Waals surface area contributed by atoms with Crippen molar-refractivity contribution in [1.82, 2.24) is 4.90 Å². The highest BCUT2D eigenvalue weighted by atomic mass is 19.4. The highest BCUT2D eigenvalue weighted by molar-refractivity contribution is 5.76. The van der Waals surface area contributed by atoms with Crippen molar-refractivity contribution >= 4 is 12.1 Å². The maximum Gasteiger partial charge on any atom is 0.416 e. The average molecular weight is 412 g/mol. The summed E-state index contributed by atoms with van der Waals surface area (Å²) in [6.45, 7) is 5.41. The van der Waals surface area contributed by atoms with E-state index in [1.165, 1.54) is 17.0 Å². The molecule has 1 saturated heterocycles. The van der Waals surface area contributed by atoms with E-state index >= 15 is 0 Å². The van der Waals surface area contributed by atoms with Crippen LogP contribution in [0, 0.1) is 17.2 Å². The van der Waals surface area contributed by atoms with E-state index in [2.05, 4.69) is 0 Å². The Labute approximate surface area is 166 Å². The zero-order valence-corrected chi connectivity index (χ0v) is 16.4. The first-order valence-electron chi connectivity index (χ1n) is 9.08. The lowest BCUT2D eigenvalue weighted by Gasteiger charge is -2.43. The third kappa shape index (κ3) is 5.00. The van der Waals surface area contributed by atoms with Crippen LogP contribution >= 0.6 is 0 Å². The number of ether oxygens (including phenoxy) is 1. The van der Waals surface area contributed by atoms with Gasteiger partial charge in [-0.3, -0.25) is 4.79 Å². The molecule has 158 valence electrons. The van der Waals surface area contributed by atoms with Gasteiger partial charge in [-0.25, -0.2) is 4.79 Å². The van der Waals surface area contributed by atoms with Crippen LogP contribution in [0.3, 0.4) is 0 Å². The fraction of sp³-hybridized carbons (Fsp3) is 0.550. The molecule has 1 aliphatic rings. The second-order valence-electron chi connectivity index (χ2n) is 8.10. The number of amides is 1. The van der Waals surface area contributed by atoms with E-state index in [0.29, 0.717) is 5.56 Å². The number of hydrogen-bond donors (Lipinski definition) is 1. The zero-order chi connectivity index (χ0) is 22.0. The van der Waals surface area contributed by atoms with Gasteiger partial charge in [-0.2, -0.15) is 18.4 Å². The summed E-state index contributed by atoms with van der Waals surface area (Å²) >= 11 is 0. The second kappa shape index (κ2) is 7.93. The number of carboxylic acids is 1. The van der Waals surface area contributed by atoms with Crippen LogP contribution in [0.2, 0.25) is 0 Å². The Morgan fingerprint density at radius 2 is 1.69 bits per heavy atom. The Balaban J connectivity index is 2.34. The van der Waals surface area contributed by atoms with Gasteiger partial charge in [-0.1, -0.05) is 12.1 Å². The number of aliphatic carboxylic acids is 1. The summed E-state index contributed by atoms with van der Waals surface area (Å²) in [4.78, 5) is 25.4. The highest BCUT2D eigenvalue weighted by Crippen LogP contribution is 2.43. The molecule has 0 aliphatic carbocycles. The van der Waals surface area contributed by atoms with E-state index in [1.807, 2.05) is 0 Å². The van der Waals surface area contributed by atoms with E-state index < -0.39 is 40.7 Å². The van der Waals surface area contributed by atoms with Gasteiger partial charge in [-0.05, 0) is 51.3 Å². The SMILES string of the molecule is CC(C)(C)OC(=O)N1CCC(c2ccc(C(F)(F)F)cc2)(C(C#N)C(=O)O)CC1. The first kappa shape index (κ1) is 22.5. The Morgan fingerprint density at radius 1 is 1.17 bits per heavy atom. The van der Waals surface area contributed by atoms with E-state index in [4.69, 9.17) is 4.74 Å². The number of benzene rings is 1. The molecule has 2 rings (SSSR count). The number of rotatable bonds is 3. The number of halogens is 3. The Kier molecular flexibility index (Phi) is 6.16. The van der Waals surface area contributed by atoms with Gasteiger partial charge in [0, 0.05) is 18.5 Å². The quantitative estimate of drug-likeness (QED) is 0.804. The van der Waals surface area contributed by atoms with Crippen molar-refractivity contribution < 1.29 is 32.6 Å². The summed E-state index contributed by atoms with van der Waals surface area (Å²) in [6, 6.07) is 5.99. The number of alkyl halides is 3. The molecule has 6 nitrogen and oxygen atoms in total. The van der Waals surface area contributed by atoms with Gasteiger partial charge in [0.2, 0.25) is 0 Å². The lowest BCUT2D eigenvalue weighted by molar-refractivity contribution is -0.143. The maximum absolute atomic E-state index is 12.9. The van der Waals surface area contributed by atoms with Crippen molar-refractivity contribution in [1.29, 1.82) is 5.26 Å². The summed E-state index contributed by atoms with van der Waals surface area (Å²) in [5, 5.41) is 19.0. The van der Waals surface area contributed by atoms with E-state index in [1.54, 1.807) is 26.8 Å². The third-order valence-corrected chi connectivity index (χ3v) is 5.02. The highest BCUT2D eigenvalue weighted by Gasteiger charge is 2.48. The molecule has 1 aromatic carbocycles. The van der Waals surface area contributed by atoms with Crippen LogP contribution in [-0.2, 0) is 21.1 Å². The molecule has 1 aromatic rings. The van der Waals surface area contributed by atoms with E-state index in [-0.39, 0.29) is 25.9 Å². The van der Waals surface area contributed by atoms with Gasteiger partial charge in [-0.15, -0.1) is 0 Å². The van der Waals surface area contributed by atoms with Gasteiger partial charge in [0.15, 0.2) is 5.92 Å². The number of likely N-dealkylation sites (tertiary alicyclic amines) is 1. The monoisotopic (exact) mass is 412 g/mol. The zero-order valence-electron chi connectivity index (χ0n) is 16.4. The van der Waals surface area contributed by atoms with Gasteiger partial charge in [0.25, 0.3) is 0 Å². The predicted molar refractivity (Wildman–Crippen MR) is 96.9 cm³/mol. The molecular formula is C20H23F3N2O4. The van der Waals surface area contributed by atoms with Crippen LogP contribution in [-0.4, -0.2) is 40.8 Å². The maximum atomic E-state index is 12.9. The molecule has 1 heterocycles. The normalized spacial score (nSPS) is 17.9. The molecule has 1 unspecified atom stereocenters. The molecule has 0 spiro atoms. The number of carbonyl (C=O) groups is 2. The Bertz CT molecular complexity index is 799. The standard InChI is InChI=1S/C20H23F3N2O4/c1-18(2,3)29-17(28)25-10-8-19(9-11-25,15(12-24)16(26)27)13-4-6-14(7-5-13)20(21,22)23/h4-7,15H,8-11H2,1-3H3,(H,26,27). The third-order valence-electron chi connectivity index (χ3n) is 5.02. The minimum Gasteiger partial charge on any atom is -0.480 e. The van der Waals surface area contributed by atoms with Crippen molar-refractivity contribution in [2.24, 2.45) is 5.92 Å². The van der Waals surface area contributed by atoms with E-state index in [0.717, 1.165) is 12.1 Å². The van der Waals surface area contributed by atoms with Crippen LogP contribution in [0.15, 0.2) is 24.3 Å². The lowest BCUT2D eigenvalue weighted by Crippen LogP contribution is -2.51. The van der Waals surface area contributed by atoms with Crippen molar-refractivity contribution in [3.05, 3.63) is 35.4 Å². The number of hydrogen-bond acceptors (Lipinski definition) is 4. The molecule has 0 saturated carbocycles. The van der Waals surface area contributed by atoms with Crippen molar-refractivity contribution in [2.75, 3.05) is 13.1 Å². The molecule has 9 heteroatoms. The molecule has 1 atom stereocenters. The first-order chi connectivity index (χ1) is 13.3. The van der Waals surface area contributed by atoms with Crippen molar-refractivity contribution in [2.45, 2.75) is 50.8 Å². The first-order valence-corrected chi connectivity index (χ1v) is 9.08. The van der Waals surface area contributed by atoms with Gasteiger partial charge < -0.3 is 14.7 Å². The van der Waals surface area contributed by atoms with Gasteiger partial charge in [0.1, 0.15) is 5.60 Å². The van der Waals surface area contributed by atoms with Crippen LogP contribution < -0.4 is 0 Å². The molecule has 0 radical (unpaired) electrons. The fourth-order valence-corrected chi connectivity index (χ4v) is 3.57. The fourth-order valence-electron chi connectivity index (χ4n) is 3.57. The summed E-state index contributed by atoms with van der Waals surface area (Å²) in [5.41, 5.74) is -2.42. The van der Waals surface area contributed by atoms with Gasteiger partial charge in [0.05, 0.1) is 11.6 Å². The minimum atomic E-state index is -4.52. The Morgan fingerprint density at radius 3 is 2.07 bits per heavy atom. The number of nitriles is 1. The van der Waals surface area contributed by atoms with Crippen LogP contribution in [0.25, 0.3) is 0 Å². The minimum absolute atomic E-state index is 0.113. The molecular weight excluding hydrogens is 389 g/mol. The van der Waals surface area contributed by atoms with Crippen LogP contribution in [0.5, 0.6) is 0 Å². The van der Waals surface area contributed by atoms with Crippen molar-refractivity contribution in [3.63, 3.8) is 0 Å². The molecule has 1 aliphatic heterocycles. The van der Waals surface area contributed by atoms with E-state index in [9.17, 15) is 33.1 Å². The molecule has 0 bridgehead atoms. The summed E-state index contributed by atoms with van der Waals surface area (Å²) in [7, 11) is 0. The smallest absolute Gasteiger partial charge is 0.416 e. The molecule has 1 N–H and O–H groups in total. The molecule has 1 fully saturated rings. The van der Waals surface area contributed by atoms with Gasteiger partial charge >= 0.3 is 18.2 Å². The lowest BCUT2D eigenvalue weighted by atomic mass is 9.64. The number of carbonyl (C=O) groups excluding carboxylic acids is 1. The number of piperidine rings is 1. The van der Waals surface area contributed by atoms with Crippen molar-refractivity contribution in [3.8, 4) is 6.07 Å². The average Bonchev–Trinajstić information content (AvgIpc) is 2.60. The summed E-state index contributed by atoms with van der Waals surface area (Å²) in [5.74, 6) is -2.81. The largest absolute Gasteiger partial charge is 0.480 e. The predicted octanol–water partition coefficient (Wildman–Crippen LogP) is 4.20. The summed E-state index contributed by atoms with van der Waals surface area (Å²) in [6.07, 6.45) is -4.85. The topological polar surface area (TPSA) is 90.6 Å². The van der Waals surface area contributed by atoms with Crippen LogP contribution in [0.1, 0.15) is 44.7 Å². The Hall–Kier alpha value is -2.76. The second-order valence-corrected chi connectivity index (χ2v) is 8.10. The number of carboxylic acid groups (broad SMARTS) is 1.